The van der Waals surface area contributed by atoms with E-state index >= 15 is 0 Å². The van der Waals surface area contributed by atoms with E-state index in [9.17, 15) is 4.79 Å². The number of nitrogens with one attached hydrogen (secondary N) is 1. The van der Waals surface area contributed by atoms with Gasteiger partial charge in [-0.05, 0) is 24.5 Å². The Morgan fingerprint density at radius 1 is 1.59 bits per heavy atom. The molecule has 0 aliphatic heterocycles. The zero-order valence-corrected chi connectivity index (χ0v) is 9.86. The Labute approximate surface area is 98.9 Å². The second-order valence-electron chi connectivity index (χ2n) is 4.02. The first-order valence-corrected chi connectivity index (χ1v) is 5.38. The van der Waals surface area contributed by atoms with Crippen molar-refractivity contribution in [1.82, 2.24) is 10.2 Å². The molecule has 1 unspecified atom stereocenters. The summed E-state index contributed by atoms with van der Waals surface area (Å²) in [5.74, 6) is -0.394. The monoisotopic (exact) mass is 233 g/mol. The molecule has 1 aromatic carbocycles. The van der Waals surface area contributed by atoms with Crippen molar-refractivity contribution in [2.45, 2.75) is 19.4 Å². The summed E-state index contributed by atoms with van der Waals surface area (Å²) in [4.78, 5) is 11.3. The van der Waals surface area contributed by atoms with Crippen LogP contribution in [0.3, 0.4) is 0 Å². The van der Waals surface area contributed by atoms with Gasteiger partial charge in [-0.15, -0.1) is 0 Å². The molecule has 0 radical (unpaired) electrons. The molecule has 17 heavy (non-hydrogen) atoms. The highest BCUT2D eigenvalue weighted by Crippen LogP contribution is 2.20. The number of benzene rings is 1. The highest BCUT2D eigenvalue weighted by molar-refractivity contribution is 5.82. The number of fused-ring (bicyclic) bond motifs is 1. The lowest BCUT2D eigenvalue weighted by Crippen LogP contribution is -2.33. The zero-order valence-electron chi connectivity index (χ0n) is 9.86. The number of rotatable bonds is 3. The molecule has 2 rings (SSSR count). The molecule has 0 saturated heterocycles. The number of nitrogens with zero attached hydrogens (tertiary/aromatic N) is 1. The molecule has 0 saturated carbocycles. The SMILES string of the molecule is COC(=O)C(N)Cc1ccc2cn[nH]c2c1C. The third kappa shape index (κ3) is 2.14. The van der Waals surface area contributed by atoms with Gasteiger partial charge in [0.1, 0.15) is 6.04 Å². The van der Waals surface area contributed by atoms with E-state index in [4.69, 9.17) is 5.73 Å². The Bertz CT molecular complexity index is 548. The Kier molecular flexibility index (Phi) is 3.10. The van der Waals surface area contributed by atoms with Gasteiger partial charge in [-0.2, -0.15) is 5.10 Å². The number of aryl methyl sites for hydroxylation is 1. The van der Waals surface area contributed by atoms with Crippen molar-refractivity contribution in [3.8, 4) is 0 Å². The van der Waals surface area contributed by atoms with Gasteiger partial charge in [0.15, 0.2) is 0 Å². The summed E-state index contributed by atoms with van der Waals surface area (Å²) in [6.07, 6.45) is 2.24. The molecule has 90 valence electrons. The van der Waals surface area contributed by atoms with Gasteiger partial charge in [-0.3, -0.25) is 9.89 Å². The van der Waals surface area contributed by atoms with Gasteiger partial charge < -0.3 is 10.5 Å². The normalized spacial score (nSPS) is 12.6. The van der Waals surface area contributed by atoms with Crippen LogP contribution in [0.4, 0.5) is 0 Å². The fraction of sp³-hybridized carbons (Fsp3) is 0.333. The molecule has 0 aliphatic rings. The quantitative estimate of drug-likeness (QED) is 0.772. The predicted octanol–water partition coefficient (Wildman–Crippen LogP) is 0.914. The molecule has 0 bridgehead atoms. The first-order valence-electron chi connectivity index (χ1n) is 5.38. The number of aromatic nitrogens is 2. The van der Waals surface area contributed by atoms with Gasteiger partial charge in [-0.25, -0.2) is 0 Å². The van der Waals surface area contributed by atoms with Crippen molar-refractivity contribution in [3.63, 3.8) is 0 Å². The number of aromatic amines is 1. The molecule has 0 aliphatic carbocycles. The van der Waals surface area contributed by atoms with Crippen LogP contribution in [0, 0.1) is 6.92 Å². The summed E-state index contributed by atoms with van der Waals surface area (Å²) in [6.45, 7) is 1.99. The number of hydrogen-bond acceptors (Lipinski definition) is 4. The lowest BCUT2D eigenvalue weighted by molar-refractivity contribution is -0.142. The number of hydrogen-bond donors (Lipinski definition) is 2. The largest absolute Gasteiger partial charge is 0.468 e. The summed E-state index contributed by atoms with van der Waals surface area (Å²) in [5.41, 5.74) is 8.83. The van der Waals surface area contributed by atoms with Crippen molar-refractivity contribution in [3.05, 3.63) is 29.5 Å². The minimum absolute atomic E-state index is 0.394. The number of carbonyl (C=O) groups is 1. The Morgan fingerprint density at radius 2 is 2.35 bits per heavy atom. The van der Waals surface area contributed by atoms with Gasteiger partial charge in [0, 0.05) is 5.39 Å². The second-order valence-corrected chi connectivity index (χ2v) is 4.02. The fourth-order valence-electron chi connectivity index (χ4n) is 1.89. The molecule has 1 heterocycles. The summed E-state index contributed by atoms with van der Waals surface area (Å²) in [6, 6.07) is 3.31. The summed E-state index contributed by atoms with van der Waals surface area (Å²) in [5, 5.41) is 7.98. The minimum Gasteiger partial charge on any atom is -0.468 e. The maximum Gasteiger partial charge on any atom is 0.322 e. The number of carbonyl (C=O) groups excluding carboxylic acids is 1. The third-order valence-corrected chi connectivity index (χ3v) is 2.93. The predicted molar refractivity (Wildman–Crippen MR) is 64.5 cm³/mol. The molecule has 2 aromatic rings. The van der Waals surface area contributed by atoms with Crippen LogP contribution >= 0.6 is 0 Å². The van der Waals surface area contributed by atoms with E-state index in [2.05, 4.69) is 14.9 Å². The number of H-pyrrole nitrogens is 1. The summed E-state index contributed by atoms with van der Waals surface area (Å²) >= 11 is 0. The number of methoxy groups -OCH3 is 1. The first-order chi connectivity index (χ1) is 8.13. The maximum atomic E-state index is 11.3. The Hall–Kier alpha value is -1.88. The lowest BCUT2D eigenvalue weighted by Gasteiger charge is -2.11. The van der Waals surface area contributed by atoms with Gasteiger partial charge in [-0.1, -0.05) is 12.1 Å². The number of ether oxygens (including phenoxy) is 1. The van der Waals surface area contributed by atoms with E-state index in [1.165, 1.54) is 7.11 Å². The molecule has 0 spiro atoms. The molecule has 5 heteroatoms. The summed E-state index contributed by atoms with van der Waals surface area (Å²) in [7, 11) is 1.34. The highest BCUT2D eigenvalue weighted by Gasteiger charge is 2.16. The Balaban J connectivity index is 2.30. The molecule has 5 nitrogen and oxygen atoms in total. The van der Waals surface area contributed by atoms with E-state index < -0.39 is 12.0 Å². The topological polar surface area (TPSA) is 81.0 Å². The van der Waals surface area contributed by atoms with Crippen LogP contribution in [0.2, 0.25) is 0 Å². The van der Waals surface area contributed by atoms with Crippen LogP contribution in [0.25, 0.3) is 10.9 Å². The zero-order chi connectivity index (χ0) is 12.4. The third-order valence-electron chi connectivity index (χ3n) is 2.93. The average molecular weight is 233 g/mol. The molecule has 1 atom stereocenters. The van der Waals surface area contributed by atoms with Crippen molar-refractivity contribution in [1.29, 1.82) is 0 Å². The van der Waals surface area contributed by atoms with E-state index in [1.54, 1.807) is 6.20 Å². The first kappa shape index (κ1) is 11.6. The van der Waals surface area contributed by atoms with Crippen LogP contribution < -0.4 is 5.73 Å². The second kappa shape index (κ2) is 4.55. The number of nitrogens with two attached hydrogens (primary N) is 1. The van der Waals surface area contributed by atoms with Gasteiger partial charge in [0.2, 0.25) is 0 Å². The van der Waals surface area contributed by atoms with Crippen molar-refractivity contribution >= 4 is 16.9 Å². The molecule has 1 aromatic heterocycles. The van der Waals surface area contributed by atoms with Gasteiger partial charge in [0.05, 0.1) is 18.8 Å². The smallest absolute Gasteiger partial charge is 0.322 e. The molecule has 0 amide bonds. The van der Waals surface area contributed by atoms with Gasteiger partial charge in [0.25, 0.3) is 0 Å². The maximum absolute atomic E-state index is 11.3. The molecule has 0 fully saturated rings. The van der Waals surface area contributed by atoms with E-state index in [0.717, 1.165) is 22.0 Å². The lowest BCUT2D eigenvalue weighted by atomic mass is 9.99. The van der Waals surface area contributed by atoms with Crippen LogP contribution in [-0.4, -0.2) is 29.3 Å². The average Bonchev–Trinajstić information content (AvgIpc) is 2.80. The number of esters is 1. The van der Waals surface area contributed by atoms with Gasteiger partial charge >= 0.3 is 5.97 Å². The molecule has 3 N–H and O–H groups in total. The summed E-state index contributed by atoms with van der Waals surface area (Å²) < 4.78 is 4.61. The Morgan fingerprint density at radius 3 is 3.06 bits per heavy atom. The van der Waals surface area contributed by atoms with E-state index in [1.807, 2.05) is 19.1 Å². The molecular formula is C12H15N3O2. The molecular weight excluding hydrogens is 218 g/mol. The van der Waals surface area contributed by atoms with E-state index in [-0.39, 0.29) is 0 Å². The van der Waals surface area contributed by atoms with Crippen molar-refractivity contribution in [2.75, 3.05) is 7.11 Å². The van der Waals surface area contributed by atoms with Crippen molar-refractivity contribution in [2.24, 2.45) is 5.73 Å². The fourth-order valence-corrected chi connectivity index (χ4v) is 1.89. The van der Waals surface area contributed by atoms with Crippen LogP contribution in [0.5, 0.6) is 0 Å². The van der Waals surface area contributed by atoms with Crippen LogP contribution in [0.1, 0.15) is 11.1 Å². The standard InChI is InChI=1S/C12H15N3O2/c1-7-8(5-10(13)12(16)17-2)3-4-9-6-14-15-11(7)9/h3-4,6,10H,5,13H2,1-2H3,(H,14,15). The minimum atomic E-state index is -0.626. The van der Waals surface area contributed by atoms with E-state index in [0.29, 0.717) is 6.42 Å². The van der Waals surface area contributed by atoms with Crippen molar-refractivity contribution < 1.29 is 9.53 Å². The highest BCUT2D eigenvalue weighted by atomic mass is 16.5. The van der Waals surface area contributed by atoms with Crippen LogP contribution in [0.15, 0.2) is 18.3 Å². The van der Waals surface area contributed by atoms with Crippen LogP contribution in [-0.2, 0) is 16.0 Å².